The maximum absolute atomic E-state index is 9.60. The molecule has 0 spiro atoms. The molecule has 0 aliphatic heterocycles. The van der Waals surface area contributed by atoms with Gasteiger partial charge in [0.2, 0.25) is 0 Å². The van der Waals surface area contributed by atoms with Crippen LogP contribution in [0.15, 0.2) is 59.5 Å². The summed E-state index contributed by atoms with van der Waals surface area (Å²) >= 11 is 1.66. The van der Waals surface area contributed by atoms with Gasteiger partial charge in [-0.2, -0.15) is 0 Å². The van der Waals surface area contributed by atoms with Crippen LogP contribution in [0.1, 0.15) is 6.92 Å². The second-order valence-electron chi connectivity index (χ2n) is 3.10. The molecule has 1 N–H and O–H groups in total. The third-order valence-electron chi connectivity index (χ3n) is 1.80. The van der Waals surface area contributed by atoms with Crippen molar-refractivity contribution in [2.75, 3.05) is 5.75 Å². The number of hydrogen-bond donors (Lipinski definition) is 1. The topological polar surface area (TPSA) is 20.2 Å². The summed E-state index contributed by atoms with van der Waals surface area (Å²) in [6.07, 6.45) is 7.14. The van der Waals surface area contributed by atoms with Crippen LogP contribution in [-0.2, 0) is 0 Å². The Bertz CT molecular complexity index is 317. The molecule has 0 aliphatic carbocycles. The van der Waals surface area contributed by atoms with Crippen LogP contribution < -0.4 is 0 Å². The van der Waals surface area contributed by atoms with Crippen molar-refractivity contribution < 1.29 is 5.11 Å². The minimum atomic E-state index is -0.383. The molecule has 15 heavy (non-hydrogen) atoms. The molecule has 0 saturated heterocycles. The maximum Gasteiger partial charge on any atom is 0.0817 e. The van der Waals surface area contributed by atoms with Gasteiger partial charge in [-0.1, -0.05) is 42.5 Å². The van der Waals surface area contributed by atoms with E-state index in [9.17, 15) is 5.11 Å². The van der Waals surface area contributed by atoms with E-state index >= 15 is 0 Å². The monoisotopic (exact) mass is 220 g/mol. The van der Waals surface area contributed by atoms with Gasteiger partial charge in [0.05, 0.1) is 6.10 Å². The molecule has 1 aromatic rings. The molecule has 0 fully saturated rings. The summed E-state index contributed by atoms with van der Waals surface area (Å²) in [5, 5.41) is 9.60. The van der Waals surface area contributed by atoms with Gasteiger partial charge in [0.1, 0.15) is 0 Å². The summed E-state index contributed by atoms with van der Waals surface area (Å²) in [6.45, 7) is 1.95. The minimum Gasteiger partial charge on any atom is -0.388 e. The molecule has 1 aromatic carbocycles. The standard InChI is InChI=1S/C13H16OS/c1-2-3-5-8-12(14)11-15-13-9-6-4-7-10-13/h2-10,12,14H,11H2,1H3/b3-2+,8-5+/t12-/m0/s1. The highest BCUT2D eigenvalue weighted by atomic mass is 32.2. The third kappa shape index (κ3) is 5.45. The lowest BCUT2D eigenvalue weighted by Gasteiger charge is -2.04. The molecule has 0 heterocycles. The molecular formula is C13H16OS. The van der Waals surface area contributed by atoms with Gasteiger partial charge in [-0.05, 0) is 19.1 Å². The molecular weight excluding hydrogens is 204 g/mol. The van der Waals surface area contributed by atoms with Crippen molar-refractivity contribution in [3.63, 3.8) is 0 Å². The lowest BCUT2D eigenvalue weighted by atomic mass is 10.3. The lowest BCUT2D eigenvalue weighted by molar-refractivity contribution is 0.248. The van der Waals surface area contributed by atoms with Crippen molar-refractivity contribution in [1.82, 2.24) is 0 Å². The SMILES string of the molecule is C/C=C/C=C/[C@H](O)CSc1ccccc1. The maximum atomic E-state index is 9.60. The molecule has 1 rings (SSSR count). The van der Waals surface area contributed by atoms with Gasteiger partial charge in [-0.15, -0.1) is 11.8 Å². The van der Waals surface area contributed by atoms with E-state index < -0.39 is 0 Å². The first-order valence-corrected chi connectivity index (χ1v) is 5.97. The highest BCUT2D eigenvalue weighted by molar-refractivity contribution is 7.99. The average molecular weight is 220 g/mol. The van der Waals surface area contributed by atoms with Crippen LogP contribution in [-0.4, -0.2) is 17.0 Å². The van der Waals surface area contributed by atoms with Gasteiger partial charge in [0, 0.05) is 10.6 Å². The predicted octanol–water partition coefficient (Wildman–Crippen LogP) is 3.27. The average Bonchev–Trinajstić information content (AvgIpc) is 2.28. The summed E-state index contributed by atoms with van der Waals surface area (Å²) in [5.74, 6) is 0.693. The Labute approximate surface area is 95.5 Å². The number of thioether (sulfide) groups is 1. The van der Waals surface area contributed by atoms with Crippen molar-refractivity contribution in [2.24, 2.45) is 0 Å². The van der Waals surface area contributed by atoms with Gasteiger partial charge in [-0.3, -0.25) is 0 Å². The van der Waals surface area contributed by atoms with Gasteiger partial charge in [0.15, 0.2) is 0 Å². The molecule has 0 saturated carbocycles. The first-order valence-electron chi connectivity index (χ1n) is 4.98. The number of aliphatic hydroxyl groups is 1. The van der Waals surface area contributed by atoms with Crippen molar-refractivity contribution in [2.45, 2.75) is 17.9 Å². The van der Waals surface area contributed by atoms with Gasteiger partial charge in [-0.25, -0.2) is 0 Å². The van der Waals surface area contributed by atoms with E-state index in [0.717, 1.165) is 0 Å². The lowest BCUT2D eigenvalue weighted by Crippen LogP contribution is -2.04. The molecule has 0 bridgehead atoms. The molecule has 80 valence electrons. The second kappa shape index (κ2) is 7.32. The Hall–Kier alpha value is -0.990. The fraction of sp³-hybridized carbons (Fsp3) is 0.231. The molecule has 1 nitrogen and oxygen atoms in total. The molecule has 0 aromatic heterocycles. The number of benzene rings is 1. The first-order chi connectivity index (χ1) is 7.33. The molecule has 0 amide bonds. The summed E-state index contributed by atoms with van der Waals surface area (Å²) in [5.41, 5.74) is 0. The van der Waals surface area contributed by atoms with Crippen LogP contribution in [0.2, 0.25) is 0 Å². The second-order valence-corrected chi connectivity index (χ2v) is 4.20. The van der Waals surface area contributed by atoms with E-state index in [1.165, 1.54) is 4.90 Å². The first kappa shape index (κ1) is 12.1. The fourth-order valence-corrected chi connectivity index (χ4v) is 1.88. The van der Waals surface area contributed by atoms with Crippen LogP contribution in [0.5, 0.6) is 0 Å². The van der Waals surface area contributed by atoms with Crippen LogP contribution in [0.3, 0.4) is 0 Å². The number of hydrogen-bond acceptors (Lipinski definition) is 2. The van der Waals surface area contributed by atoms with Crippen LogP contribution in [0.4, 0.5) is 0 Å². The normalized spacial score (nSPS) is 13.7. The Morgan fingerprint density at radius 3 is 2.67 bits per heavy atom. The highest BCUT2D eigenvalue weighted by Gasteiger charge is 1.99. The number of rotatable bonds is 5. The molecule has 0 aliphatic rings. The summed E-state index contributed by atoms with van der Waals surface area (Å²) in [7, 11) is 0. The predicted molar refractivity (Wildman–Crippen MR) is 67.1 cm³/mol. The van der Waals surface area contributed by atoms with E-state index in [1.807, 2.05) is 55.5 Å². The van der Waals surface area contributed by atoms with Gasteiger partial charge < -0.3 is 5.11 Å². The van der Waals surface area contributed by atoms with Crippen LogP contribution in [0, 0.1) is 0 Å². The van der Waals surface area contributed by atoms with E-state index in [1.54, 1.807) is 17.8 Å². The fourth-order valence-electron chi connectivity index (χ4n) is 1.06. The van der Waals surface area contributed by atoms with E-state index in [2.05, 4.69) is 0 Å². The van der Waals surface area contributed by atoms with Crippen LogP contribution >= 0.6 is 11.8 Å². The Morgan fingerprint density at radius 1 is 1.27 bits per heavy atom. The van der Waals surface area contributed by atoms with E-state index in [0.29, 0.717) is 5.75 Å². The molecule has 0 radical (unpaired) electrons. The van der Waals surface area contributed by atoms with Gasteiger partial charge >= 0.3 is 0 Å². The molecule has 2 heteroatoms. The Kier molecular flexibility index (Phi) is 5.90. The van der Waals surface area contributed by atoms with Crippen LogP contribution in [0.25, 0.3) is 0 Å². The zero-order chi connectivity index (χ0) is 10.9. The number of aliphatic hydroxyl groups excluding tert-OH is 1. The highest BCUT2D eigenvalue weighted by Crippen LogP contribution is 2.17. The number of allylic oxidation sites excluding steroid dienone is 3. The largest absolute Gasteiger partial charge is 0.388 e. The van der Waals surface area contributed by atoms with Crippen molar-refractivity contribution >= 4 is 11.8 Å². The molecule has 1 atom stereocenters. The van der Waals surface area contributed by atoms with Crippen molar-refractivity contribution in [3.8, 4) is 0 Å². The summed E-state index contributed by atoms with van der Waals surface area (Å²) in [6, 6.07) is 10.1. The Balaban J connectivity index is 2.31. The summed E-state index contributed by atoms with van der Waals surface area (Å²) < 4.78 is 0. The van der Waals surface area contributed by atoms with E-state index in [-0.39, 0.29) is 6.10 Å². The minimum absolute atomic E-state index is 0.383. The third-order valence-corrected chi connectivity index (χ3v) is 2.91. The Morgan fingerprint density at radius 2 is 2.00 bits per heavy atom. The van der Waals surface area contributed by atoms with Gasteiger partial charge in [0.25, 0.3) is 0 Å². The quantitative estimate of drug-likeness (QED) is 0.607. The van der Waals surface area contributed by atoms with E-state index in [4.69, 9.17) is 0 Å². The zero-order valence-electron chi connectivity index (χ0n) is 8.84. The van der Waals surface area contributed by atoms with Crippen molar-refractivity contribution in [1.29, 1.82) is 0 Å². The zero-order valence-corrected chi connectivity index (χ0v) is 9.65. The van der Waals surface area contributed by atoms with Crippen molar-refractivity contribution in [3.05, 3.63) is 54.6 Å². The smallest absolute Gasteiger partial charge is 0.0817 e. The summed E-state index contributed by atoms with van der Waals surface area (Å²) in [4.78, 5) is 1.19. The molecule has 0 unspecified atom stereocenters.